The van der Waals surface area contributed by atoms with Crippen LogP contribution in [0.1, 0.15) is 18.9 Å². The fourth-order valence-electron chi connectivity index (χ4n) is 1.49. The van der Waals surface area contributed by atoms with Crippen molar-refractivity contribution in [2.24, 2.45) is 0 Å². The van der Waals surface area contributed by atoms with E-state index in [1.165, 1.54) is 0 Å². The molecule has 0 aliphatic carbocycles. The maximum absolute atomic E-state index is 10.8. The van der Waals surface area contributed by atoms with Gasteiger partial charge in [-0.15, -0.1) is 0 Å². The van der Waals surface area contributed by atoms with Crippen molar-refractivity contribution in [1.82, 2.24) is 0 Å². The lowest BCUT2D eigenvalue weighted by Gasteiger charge is -2.12. The van der Waals surface area contributed by atoms with Gasteiger partial charge in [-0.2, -0.15) is 0 Å². The Labute approximate surface area is 115 Å². The summed E-state index contributed by atoms with van der Waals surface area (Å²) < 4.78 is 11.5. The van der Waals surface area contributed by atoms with E-state index in [0.717, 1.165) is 10.0 Å². The van der Waals surface area contributed by atoms with Crippen molar-refractivity contribution < 1.29 is 19.4 Å². The Bertz CT molecular complexity index is 381. The Hall–Kier alpha value is -0.910. The number of hydrogen-bond donors (Lipinski definition) is 1. The van der Waals surface area contributed by atoms with Crippen molar-refractivity contribution in [3.63, 3.8) is 0 Å². The standard InChI is InChI=1S/C13H17BrO4/c1-2-18-12(13(15)16)6-7-17-9-10-4-3-5-11(14)8-10/h3-5,8,12H,2,6-7,9H2,1H3,(H,15,16). The summed E-state index contributed by atoms with van der Waals surface area (Å²) in [5.74, 6) is -0.942. The van der Waals surface area contributed by atoms with Crippen LogP contribution in [0, 0.1) is 0 Å². The molecule has 0 amide bonds. The predicted molar refractivity (Wildman–Crippen MR) is 71.5 cm³/mol. The summed E-state index contributed by atoms with van der Waals surface area (Å²) >= 11 is 3.38. The summed E-state index contributed by atoms with van der Waals surface area (Å²) in [5.41, 5.74) is 1.05. The molecule has 1 N–H and O–H groups in total. The van der Waals surface area contributed by atoms with Gasteiger partial charge in [0.15, 0.2) is 6.10 Å². The quantitative estimate of drug-likeness (QED) is 0.749. The van der Waals surface area contributed by atoms with Gasteiger partial charge in [-0.25, -0.2) is 4.79 Å². The topological polar surface area (TPSA) is 55.8 Å². The second kappa shape index (κ2) is 8.24. The normalized spacial score (nSPS) is 12.3. The predicted octanol–water partition coefficient (Wildman–Crippen LogP) is 2.85. The van der Waals surface area contributed by atoms with Crippen LogP contribution >= 0.6 is 15.9 Å². The van der Waals surface area contributed by atoms with Gasteiger partial charge in [0.25, 0.3) is 0 Å². The van der Waals surface area contributed by atoms with Gasteiger partial charge in [0.05, 0.1) is 13.2 Å². The van der Waals surface area contributed by atoms with Crippen LogP contribution < -0.4 is 0 Å². The van der Waals surface area contributed by atoms with E-state index in [1.807, 2.05) is 24.3 Å². The van der Waals surface area contributed by atoms with Crippen molar-refractivity contribution >= 4 is 21.9 Å². The zero-order valence-electron chi connectivity index (χ0n) is 10.3. The van der Waals surface area contributed by atoms with E-state index >= 15 is 0 Å². The zero-order valence-corrected chi connectivity index (χ0v) is 11.9. The van der Waals surface area contributed by atoms with Crippen LogP contribution in [0.3, 0.4) is 0 Å². The van der Waals surface area contributed by atoms with Crippen LogP contribution in [-0.4, -0.2) is 30.4 Å². The van der Waals surface area contributed by atoms with Gasteiger partial charge in [-0.3, -0.25) is 0 Å². The minimum atomic E-state index is -0.942. The Kier molecular flexibility index (Phi) is 6.93. The lowest BCUT2D eigenvalue weighted by atomic mass is 10.2. The number of benzene rings is 1. The fourth-order valence-corrected chi connectivity index (χ4v) is 1.93. The van der Waals surface area contributed by atoms with Gasteiger partial charge in [-0.1, -0.05) is 28.1 Å². The first-order chi connectivity index (χ1) is 8.63. The van der Waals surface area contributed by atoms with Crippen LogP contribution in [0.5, 0.6) is 0 Å². The maximum Gasteiger partial charge on any atom is 0.332 e. The van der Waals surface area contributed by atoms with Gasteiger partial charge < -0.3 is 14.6 Å². The summed E-state index contributed by atoms with van der Waals surface area (Å²) in [7, 11) is 0. The highest BCUT2D eigenvalue weighted by Crippen LogP contribution is 2.12. The van der Waals surface area contributed by atoms with E-state index in [1.54, 1.807) is 6.92 Å². The molecule has 0 saturated carbocycles. The molecular weight excluding hydrogens is 300 g/mol. The average molecular weight is 317 g/mol. The third-order valence-electron chi connectivity index (χ3n) is 2.33. The highest BCUT2D eigenvalue weighted by atomic mass is 79.9. The molecule has 0 fully saturated rings. The minimum absolute atomic E-state index is 0.358. The molecule has 0 heterocycles. The summed E-state index contributed by atoms with van der Waals surface area (Å²) in [6.07, 6.45) is -0.422. The van der Waals surface area contributed by atoms with Crippen LogP contribution in [0.25, 0.3) is 0 Å². The van der Waals surface area contributed by atoms with Gasteiger partial charge in [0.1, 0.15) is 0 Å². The van der Waals surface area contributed by atoms with Crippen molar-refractivity contribution in [3.8, 4) is 0 Å². The number of carboxylic acid groups (broad SMARTS) is 1. The van der Waals surface area contributed by atoms with Crippen LogP contribution in [-0.2, 0) is 20.9 Å². The lowest BCUT2D eigenvalue weighted by molar-refractivity contribution is -0.151. The molecule has 0 radical (unpaired) electrons. The number of halogens is 1. The SMILES string of the molecule is CCOC(CCOCc1cccc(Br)c1)C(=O)O. The second-order valence-electron chi connectivity index (χ2n) is 3.75. The molecule has 18 heavy (non-hydrogen) atoms. The molecule has 0 saturated heterocycles. The maximum atomic E-state index is 10.8. The Balaban J connectivity index is 2.27. The first kappa shape index (κ1) is 15.1. The van der Waals surface area contributed by atoms with Gasteiger partial charge in [0.2, 0.25) is 0 Å². The summed E-state index contributed by atoms with van der Waals surface area (Å²) in [6, 6.07) is 7.81. The number of aliphatic carboxylic acids is 1. The Morgan fingerprint density at radius 2 is 2.28 bits per heavy atom. The molecule has 1 aromatic carbocycles. The van der Waals surface area contributed by atoms with Crippen molar-refractivity contribution in [2.75, 3.05) is 13.2 Å². The third kappa shape index (κ3) is 5.62. The van der Waals surface area contributed by atoms with Gasteiger partial charge in [-0.05, 0) is 24.6 Å². The van der Waals surface area contributed by atoms with E-state index < -0.39 is 12.1 Å². The summed E-state index contributed by atoms with van der Waals surface area (Å²) in [5, 5.41) is 8.87. The smallest absolute Gasteiger partial charge is 0.332 e. The molecule has 0 bridgehead atoms. The first-order valence-electron chi connectivity index (χ1n) is 5.80. The number of ether oxygens (including phenoxy) is 2. The first-order valence-corrected chi connectivity index (χ1v) is 6.59. The summed E-state index contributed by atoms with van der Waals surface area (Å²) in [6.45, 7) is 3.00. The molecule has 0 aliphatic rings. The van der Waals surface area contributed by atoms with Crippen molar-refractivity contribution in [1.29, 1.82) is 0 Å². The van der Waals surface area contributed by atoms with Gasteiger partial charge in [0, 0.05) is 17.5 Å². The Morgan fingerprint density at radius 1 is 1.50 bits per heavy atom. The van der Waals surface area contributed by atoms with E-state index in [0.29, 0.717) is 26.2 Å². The molecule has 4 nitrogen and oxygen atoms in total. The molecule has 1 aromatic rings. The molecule has 1 atom stereocenters. The minimum Gasteiger partial charge on any atom is -0.479 e. The molecule has 1 rings (SSSR count). The van der Waals surface area contributed by atoms with Crippen molar-refractivity contribution in [2.45, 2.75) is 26.1 Å². The second-order valence-corrected chi connectivity index (χ2v) is 4.67. The fraction of sp³-hybridized carbons (Fsp3) is 0.462. The molecule has 100 valence electrons. The number of rotatable bonds is 8. The molecule has 0 aromatic heterocycles. The third-order valence-corrected chi connectivity index (χ3v) is 2.82. The van der Waals surface area contributed by atoms with E-state index in [2.05, 4.69) is 15.9 Å². The molecule has 5 heteroatoms. The number of carbonyl (C=O) groups is 1. The van der Waals surface area contributed by atoms with E-state index in [4.69, 9.17) is 14.6 Å². The van der Waals surface area contributed by atoms with Crippen molar-refractivity contribution in [3.05, 3.63) is 34.3 Å². The number of hydrogen-bond acceptors (Lipinski definition) is 3. The van der Waals surface area contributed by atoms with E-state index in [-0.39, 0.29) is 0 Å². The zero-order chi connectivity index (χ0) is 13.4. The number of carboxylic acids is 1. The van der Waals surface area contributed by atoms with E-state index in [9.17, 15) is 4.79 Å². The summed E-state index contributed by atoms with van der Waals surface area (Å²) in [4.78, 5) is 10.8. The van der Waals surface area contributed by atoms with Crippen LogP contribution in [0.2, 0.25) is 0 Å². The highest BCUT2D eigenvalue weighted by molar-refractivity contribution is 9.10. The molecule has 0 spiro atoms. The van der Waals surface area contributed by atoms with Crippen LogP contribution in [0.15, 0.2) is 28.7 Å². The average Bonchev–Trinajstić information content (AvgIpc) is 2.33. The Morgan fingerprint density at radius 3 is 2.89 bits per heavy atom. The monoisotopic (exact) mass is 316 g/mol. The van der Waals surface area contributed by atoms with Gasteiger partial charge >= 0.3 is 5.97 Å². The highest BCUT2D eigenvalue weighted by Gasteiger charge is 2.16. The molecule has 0 aliphatic heterocycles. The lowest BCUT2D eigenvalue weighted by Crippen LogP contribution is -2.25. The molecule has 1 unspecified atom stereocenters. The molecular formula is C13H17BrO4. The largest absolute Gasteiger partial charge is 0.479 e. The van der Waals surface area contributed by atoms with Crippen LogP contribution in [0.4, 0.5) is 0 Å².